The van der Waals surface area contributed by atoms with Crippen LogP contribution in [0.3, 0.4) is 0 Å². The Labute approximate surface area is 157 Å². The third-order valence-corrected chi connectivity index (χ3v) is 5.82. The van der Waals surface area contributed by atoms with E-state index in [4.69, 9.17) is 0 Å². The molecule has 2 aromatic carbocycles. The average molecular weight is 355 g/mol. The molecule has 140 valence electrons. The molecule has 0 spiro atoms. The predicted octanol–water partition coefficient (Wildman–Crippen LogP) is 5.01. The minimum absolute atomic E-state index is 0.154. The van der Waals surface area contributed by atoms with Crippen molar-refractivity contribution in [2.24, 2.45) is 0 Å². The van der Waals surface area contributed by atoms with Crippen LogP contribution in [0.15, 0.2) is 48.5 Å². The smallest absolute Gasteiger partial charge is 0.314 e. The Morgan fingerprint density at radius 1 is 1.00 bits per heavy atom. The average Bonchev–Trinajstić information content (AvgIpc) is 2.61. The van der Waals surface area contributed by atoms with Gasteiger partial charge >= 0.3 is 5.91 Å². The van der Waals surface area contributed by atoms with Gasteiger partial charge in [-0.1, -0.05) is 48.0 Å². The van der Waals surface area contributed by atoms with Crippen molar-refractivity contribution in [1.82, 2.24) is 0 Å². The van der Waals surface area contributed by atoms with Crippen molar-refractivity contribution in [2.75, 3.05) is 7.05 Å². The van der Waals surface area contributed by atoms with Gasteiger partial charge in [-0.05, 0) is 46.2 Å². The molecular formula is C23H32NO2+. The molecule has 0 saturated heterocycles. The molecule has 0 aliphatic rings. The van der Waals surface area contributed by atoms with Crippen LogP contribution in [0.25, 0.3) is 0 Å². The Morgan fingerprint density at radius 2 is 1.58 bits per heavy atom. The largest absolute Gasteiger partial charge is 0.508 e. The molecule has 3 heteroatoms. The molecule has 0 unspecified atom stereocenters. The van der Waals surface area contributed by atoms with Crippen LogP contribution in [0.2, 0.25) is 0 Å². The topological polar surface area (TPSA) is 37.3 Å². The Balaban J connectivity index is 2.49. The zero-order valence-corrected chi connectivity index (χ0v) is 16.9. The molecule has 0 radical (unpaired) electrons. The summed E-state index contributed by atoms with van der Waals surface area (Å²) in [5.41, 5.74) is 2.96. The Kier molecular flexibility index (Phi) is 6.25. The number of aromatic hydroxyl groups is 1. The molecule has 0 bridgehead atoms. The number of carbonyl (C=O) groups is 1. The number of hydrogen-bond donors (Lipinski definition) is 1. The molecule has 3 nitrogen and oxygen atoms in total. The number of phenols is 1. The van der Waals surface area contributed by atoms with Crippen LogP contribution < -0.4 is 0 Å². The van der Waals surface area contributed by atoms with E-state index in [1.807, 2.05) is 56.4 Å². The molecule has 26 heavy (non-hydrogen) atoms. The highest BCUT2D eigenvalue weighted by Gasteiger charge is 2.39. The molecule has 0 fully saturated rings. The number of phenolic OH excluding ortho intramolecular Hbond substituents is 1. The Bertz CT molecular complexity index is 742. The van der Waals surface area contributed by atoms with Crippen LogP contribution in [-0.4, -0.2) is 34.6 Å². The lowest BCUT2D eigenvalue weighted by Crippen LogP contribution is -2.58. The maximum atomic E-state index is 13.4. The fraction of sp³-hybridized carbons (Fsp3) is 0.435. The van der Waals surface area contributed by atoms with E-state index in [9.17, 15) is 9.90 Å². The van der Waals surface area contributed by atoms with Crippen LogP contribution in [-0.2, 0) is 4.79 Å². The van der Waals surface area contributed by atoms with E-state index in [0.29, 0.717) is 10.9 Å². The van der Waals surface area contributed by atoms with Gasteiger partial charge in [-0.2, -0.15) is 0 Å². The van der Waals surface area contributed by atoms with Crippen LogP contribution in [0.4, 0.5) is 0 Å². The Hall–Kier alpha value is -2.13. The van der Waals surface area contributed by atoms with E-state index < -0.39 is 0 Å². The van der Waals surface area contributed by atoms with Crippen molar-refractivity contribution in [3.8, 4) is 5.75 Å². The van der Waals surface area contributed by atoms with Crippen molar-refractivity contribution in [3.05, 3.63) is 65.2 Å². The minimum Gasteiger partial charge on any atom is -0.508 e. The summed E-state index contributed by atoms with van der Waals surface area (Å²) < 4.78 is 0.385. The maximum absolute atomic E-state index is 13.4. The fourth-order valence-corrected chi connectivity index (χ4v) is 3.59. The third kappa shape index (κ3) is 3.99. The van der Waals surface area contributed by atoms with Crippen LogP contribution in [0, 0.1) is 6.92 Å². The fourth-order valence-electron chi connectivity index (χ4n) is 3.59. The van der Waals surface area contributed by atoms with E-state index >= 15 is 0 Å². The van der Waals surface area contributed by atoms with Gasteiger partial charge in [0.2, 0.25) is 0 Å². The van der Waals surface area contributed by atoms with Gasteiger partial charge in [0.1, 0.15) is 5.75 Å². The number of aryl methyl sites for hydroxylation is 1. The summed E-state index contributed by atoms with van der Waals surface area (Å²) in [6, 6.07) is 16.0. The molecule has 1 N–H and O–H groups in total. The van der Waals surface area contributed by atoms with Gasteiger partial charge in [-0.3, -0.25) is 4.48 Å². The van der Waals surface area contributed by atoms with Gasteiger partial charge in [-0.25, -0.2) is 4.79 Å². The van der Waals surface area contributed by atoms with Gasteiger partial charge in [0.05, 0.1) is 25.6 Å². The number of quaternary nitrogens is 1. The molecule has 0 heterocycles. The number of rotatable bonds is 6. The first kappa shape index (κ1) is 20.2. The standard InChI is InChI=1S/C23H31NO2/c1-16(2)24(6,17(3)4)23(26)15-20(19-10-8-7-9-11-19)21-14-18(5)12-13-22(21)25/h7-14,16-17,20H,15H2,1-6H3/p+1/t20-/m1/s1. The summed E-state index contributed by atoms with van der Waals surface area (Å²) in [5, 5.41) is 10.5. The van der Waals surface area contributed by atoms with Crippen molar-refractivity contribution in [2.45, 2.75) is 59.0 Å². The first-order valence-corrected chi connectivity index (χ1v) is 9.41. The highest BCUT2D eigenvalue weighted by molar-refractivity contribution is 5.72. The summed E-state index contributed by atoms with van der Waals surface area (Å²) in [4.78, 5) is 13.4. The highest BCUT2D eigenvalue weighted by Crippen LogP contribution is 2.36. The second kappa shape index (κ2) is 8.05. The van der Waals surface area contributed by atoms with Crippen molar-refractivity contribution in [1.29, 1.82) is 0 Å². The van der Waals surface area contributed by atoms with Gasteiger partial charge in [-0.15, -0.1) is 0 Å². The molecule has 0 aliphatic heterocycles. The lowest BCUT2D eigenvalue weighted by atomic mass is 9.86. The molecule has 2 rings (SSSR count). The highest BCUT2D eigenvalue weighted by atomic mass is 16.3. The molecule has 0 saturated carbocycles. The summed E-state index contributed by atoms with van der Waals surface area (Å²) in [5.74, 6) is 0.295. The van der Waals surface area contributed by atoms with Crippen molar-refractivity contribution in [3.63, 3.8) is 0 Å². The van der Waals surface area contributed by atoms with E-state index in [0.717, 1.165) is 16.7 Å². The molecular weight excluding hydrogens is 322 g/mol. The number of benzene rings is 2. The van der Waals surface area contributed by atoms with Crippen LogP contribution in [0.1, 0.15) is 56.7 Å². The quantitative estimate of drug-likeness (QED) is 0.740. The number of carbonyl (C=O) groups excluding carboxylic acids is 1. The summed E-state index contributed by atoms with van der Waals surface area (Å²) >= 11 is 0. The minimum atomic E-state index is -0.154. The van der Waals surface area contributed by atoms with Gasteiger partial charge in [0, 0.05) is 11.5 Å². The maximum Gasteiger partial charge on any atom is 0.314 e. The zero-order valence-electron chi connectivity index (χ0n) is 16.9. The normalized spacial score (nSPS) is 13.2. The second-order valence-corrected chi connectivity index (χ2v) is 7.96. The van der Waals surface area contributed by atoms with Crippen molar-refractivity contribution < 1.29 is 14.4 Å². The van der Waals surface area contributed by atoms with Gasteiger partial charge in [0.25, 0.3) is 0 Å². The molecule has 0 aliphatic carbocycles. The first-order chi connectivity index (χ1) is 12.2. The molecule has 2 aromatic rings. The lowest BCUT2D eigenvalue weighted by Gasteiger charge is -2.40. The van der Waals surface area contributed by atoms with E-state index in [2.05, 4.69) is 27.7 Å². The van der Waals surface area contributed by atoms with Gasteiger partial charge in [0.15, 0.2) is 0 Å². The summed E-state index contributed by atoms with van der Waals surface area (Å²) in [6.07, 6.45) is 0.369. The third-order valence-electron chi connectivity index (χ3n) is 5.82. The first-order valence-electron chi connectivity index (χ1n) is 9.41. The number of amides is 1. The van der Waals surface area contributed by atoms with E-state index in [1.165, 1.54) is 0 Å². The monoisotopic (exact) mass is 354 g/mol. The van der Waals surface area contributed by atoms with E-state index in [1.54, 1.807) is 6.07 Å². The lowest BCUT2D eigenvalue weighted by molar-refractivity contribution is -0.877. The molecule has 0 aromatic heterocycles. The SMILES string of the molecule is Cc1ccc(O)c([C@H](CC(=O)[N+](C)(C(C)C)C(C)C)c2ccccc2)c1. The van der Waals surface area contributed by atoms with Crippen LogP contribution >= 0.6 is 0 Å². The van der Waals surface area contributed by atoms with Crippen LogP contribution in [0.5, 0.6) is 5.75 Å². The molecule has 1 amide bonds. The molecule has 1 atom stereocenters. The second-order valence-electron chi connectivity index (χ2n) is 7.96. The van der Waals surface area contributed by atoms with Gasteiger partial charge < -0.3 is 5.11 Å². The van der Waals surface area contributed by atoms with Crippen molar-refractivity contribution >= 4 is 5.91 Å². The predicted molar refractivity (Wildman–Crippen MR) is 107 cm³/mol. The summed E-state index contributed by atoms with van der Waals surface area (Å²) in [6.45, 7) is 10.4. The van der Waals surface area contributed by atoms with E-state index in [-0.39, 0.29) is 29.7 Å². The zero-order chi connectivity index (χ0) is 19.5. The Morgan fingerprint density at radius 3 is 2.12 bits per heavy atom. The number of hydrogen-bond acceptors (Lipinski definition) is 2. The summed E-state index contributed by atoms with van der Waals surface area (Å²) in [7, 11) is 2.02. The number of nitrogens with zero attached hydrogens (tertiary/aromatic N) is 1.